The maximum atomic E-state index is 12.1. The lowest BCUT2D eigenvalue weighted by Gasteiger charge is -2.15. The summed E-state index contributed by atoms with van der Waals surface area (Å²) < 4.78 is 5.43. The topological polar surface area (TPSA) is 76.1 Å². The summed E-state index contributed by atoms with van der Waals surface area (Å²) in [6.07, 6.45) is 3.97. The lowest BCUT2D eigenvalue weighted by atomic mass is 9.98. The van der Waals surface area contributed by atoms with E-state index in [2.05, 4.69) is 44.9 Å². The number of nitrogens with zero attached hydrogens (tertiary/aromatic N) is 2. The van der Waals surface area contributed by atoms with Gasteiger partial charge in [0.2, 0.25) is 0 Å². The Morgan fingerprint density at radius 2 is 1.70 bits per heavy atom. The fourth-order valence-electron chi connectivity index (χ4n) is 3.24. The maximum absolute atomic E-state index is 12.1. The van der Waals surface area contributed by atoms with Crippen LogP contribution in [-0.2, 0) is 4.74 Å². The van der Waals surface area contributed by atoms with E-state index in [1.165, 1.54) is 23.5 Å². The third-order valence-electron chi connectivity index (χ3n) is 4.36. The zero-order chi connectivity index (χ0) is 18.6. The molecule has 7 heteroatoms. The molecule has 0 saturated carbocycles. The van der Waals surface area contributed by atoms with Crippen LogP contribution in [0.4, 0.5) is 10.6 Å². The highest BCUT2D eigenvalue weighted by molar-refractivity contribution is 7.80. The number of anilines is 1. The molecule has 134 valence electrons. The summed E-state index contributed by atoms with van der Waals surface area (Å²) in [5, 5.41) is 5.37. The number of aromatic nitrogens is 2. The van der Waals surface area contributed by atoms with Crippen LogP contribution in [0.15, 0.2) is 67.1 Å². The van der Waals surface area contributed by atoms with Crippen LogP contribution in [0.3, 0.4) is 0 Å². The number of nitrogens with one attached hydrogen (secondary N) is 2. The Balaban J connectivity index is 1.40. The van der Waals surface area contributed by atoms with Gasteiger partial charge in [0, 0.05) is 18.3 Å². The number of thiocarbonyl (C=S) groups is 1. The highest BCUT2D eigenvalue weighted by Gasteiger charge is 2.29. The fraction of sp³-hybridized carbons (Fsp3) is 0.100. The van der Waals surface area contributed by atoms with Crippen molar-refractivity contribution in [3.8, 4) is 11.1 Å². The summed E-state index contributed by atoms with van der Waals surface area (Å²) in [4.78, 5) is 20.1. The molecular weight excluding hydrogens is 360 g/mol. The second-order valence-electron chi connectivity index (χ2n) is 6.00. The van der Waals surface area contributed by atoms with Gasteiger partial charge in [-0.15, -0.1) is 0 Å². The van der Waals surface area contributed by atoms with E-state index in [4.69, 9.17) is 17.0 Å². The van der Waals surface area contributed by atoms with Gasteiger partial charge in [-0.25, -0.2) is 9.78 Å². The van der Waals surface area contributed by atoms with Crippen molar-refractivity contribution in [3.63, 3.8) is 0 Å². The van der Waals surface area contributed by atoms with Crippen LogP contribution in [0.25, 0.3) is 11.1 Å². The first-order valence-corrected chi connectivity index (χ1v) is 8.82. The minimum atomic E-state index is -0.613. The summed E-state index contributed by atoms with van der Waals surface area (Å²) in [5.41, 5.74) is 4.68. The molecule has 2 N–H and O–H groups in total. The van der Waals surface area contributed by atoms with E-state index in [1.54, 1.807) is 6.20 Å². The second kappa shape index (κ2) is 7.51. The van der Waals surface area contributed by atoms with E-state index in [1.807, 2.05) is 24.3 Å². The summed E-state index contributed by atoms with van der Waals surface area (Å²) in [7, 11) is 0. The van der Waals surface area contributed by atoms with Gasteiger partial charge in [0.15, 0.2) is 10.9 Å². The molecule has 1 aliphatic carbocycles. The number of hydrogen-bond donors (Lipinski definition) is 2. The number of amides is 1. The van der Waals surface area contributed by atoms with Crippen LogP contribution < -0.4 is 10.6 Å². The first-order chi connectivity index (χ1) is 13.2. The Hall–Kier alpha value is -3.32. The smallest absolute Gasteiger partial charge is 0.413 e. The third kappa shape index (κ3) is 3.63. The molecule has 0 spiro atoms. The van der Waals surface area contributed by atoms with Crippen molar-refractivity contribution in [2.75, 3.05) is 11.9 Å². The van der Waals surface area contributed by atoms with Gasteiger partial charge in [-0.1, -0.05) is 48.5 Å². The second-order valence-corrected chi connectivity index (χ2v) is 6.40. The van der Waals surface area contributed by atoms with Crippen LogP contribution in [-0.4, -0.2) is 27.8 Å². The molecule has 2 aromatic carbocycles. The number of alkyl carbamates (subject to hydrolysis) is 1. The van der Waals surface area contributed by atoms with Crippen LogP contribution in [0, 0.1) is 0 Å². The van der Waals surface area contributed by atoms with Crippen molar-refractivity contribution in [2.45, 2.75) is 5.92 Å². The molecule has 4 rings (SSSR count). The van der Waals surface area contributed by atoms with E-state index >= 15 is 0 Å². The molecule has 0 fully saturated rings. The SMILES string of the molecule is O=C(NC(=S)Nc1cnccn1)OCC1c2ccccc2-c2ccccc21. The molecule has 3 aromatic rings. The zero-order valence-corrected chi connectivity index (χ0v) is 15.1. The van der Waals surface area contributed by atoms with E-state index in [-0.39, 0.29) is 17.6 Å². The molecule has 0 atom stereocenters. The summed E-state index contributed by atoms with van der Waals surface area (Å²) >= 11 is 5.10. The van der Waals surface area contributed by atoms with Crippen molar-refractivity contribution in [3.05, 3.63) is 78.2 Å². The van der Waals surface area contributed by atoms with Crippen molar-refractivity contribution in [2.24, 2.45) is 0 Å². The van der Waals surface area contributed by atoms with Gasteiger partial charge in [-0.05, 0) is 34.5 Å². The van der Waals surface area contributed by atoms with Crippen LogP contribution in [0.1, 0.15) is 17.0 Å². The predicted octanol–water partition coefficient (Wildman–Crippen LogP) is 3.71. The standard InChI is InChI=1S/C20H16N4O2S/c25-20(24-19(27)23-18-11-21-9-10-22-18)26-12-17-15-7-3-1-5-13(15)14-6-2-4-8-16(14)17/h1-11,17H,12H2,(H2,22,23,24,25,27). The quantitative estimate of drug-likeness (QED) is 0.679. The molecule has 1 amide bonds. The molecule has 0 aliphatic heterocycles. The van der Waals surface area contributed by atoms with Gasteiger partial charge in [0.05, 0.1) is 6.20 Å². The minimum absolute atomic E-state index is 0.00432. The number of carbonyl (C=O) groups is 1. The lowest BCUT2D eigenvalue weighted by Crippen LogP contribution is -2.35. The molecule has 1 aromatic heterocycles. The van der Waals surface area contributed by atoms with Gasteiger partial charge in [0.1, 0.15) is 6.61 Å². The monoisotopic (exact) mass is 376 g/mol. The summed E-state index contributed by atoms with van der Waals surface area (Å²) in [6, 6.07) is 16.4. The molecule has 27 heavy (non-hydrogen) atoms. The number of carbonyl (C=O) groups excluding carboxylic acids is 1. The first kappa shape index (κ1) is 17.1. The Kier molecular flexibility index (Phi) is 4.76. The fourth-order valence-corrected chi connectivity index (χ4v) is 3.43. The molecule has 6 nitrogen and oxygen atoms in total. The largest absolute Gasteiger partial charge is 0.448 e. The van der Waals surface area contributed by atoms with Gasteiger partial charge < -0.3 is 10.1 Å². The van der Waals surface area contributed by atoms with Gasteiger partial charge >= 0.3 is 6.09 Å². The highest BCUT2D eigenvalue weighted by atomic mass is 32.1. The molecule has 1 heterocycles. The first-order valence-electron chi connectivity index (χ1n) is 8.41. The third-order valence-corrected chi connectivity index (χ3v) is 4.57. The number of benzene rings is 2. The van der Waals surface area contributed by atoms with Gasteiger partial charge in [-0.3, -0.25) is 10.3 Å². The normalized spacial score (nSPS) is 12.0. The average Bonchev–Trinajstić information content (AvgIpc) is 3.01. The average molecular weight is 376 g/mol. The Bertz CT molecular complexity index is 949. The van der Waals surface area contributed by atoms with Crippen molar-refractivity contribution < 1.29 is 9.53 Å². The minimum Gasteiger partial charge on any atom is -0.448 e. The van der Waals surface area contributed by atoms with Crippen molar-refractivity contribution in [1.29, 1.82) is 0 Å². The van der Waals surface area contributed by atoms with Crippen LogP contribution in [0.2, 0.25) is 0 Å². The zero-order valence-electron chi connectivity index (χ0n) is 14.3. The maximum Gasteiger partial charge on any atom is 0.413 e. The van der Waals surface area contributed by atoms with Crippen molar-refractivity contribution >= 4 is 29.2 Å². The van der Waals surface area contributed by atoms with E-state index in [9.17, 15) is 4.79 Å². The predicted molar refractivity (Wildman–Crippen MR) is 106 cm³/mol. The highest BCUT2D eigenvalue weighted by Crippen LogP contribution is 2.44. The number of rotatable bonds is 3. The van der Waals surface area contributed by atoms with E-state index in [0.29, 0.717) is 5.82 Å². The molecule has 0 saturated heterocycles. The molecule has 0 unspecified atom stereocenters. The number of hydrogen-bond acceptors (Lipinski definition) is 5. The number of ether oxygens (including phenoxy) is 1. The summed E-state index contributed by atoms with van der Waals surface area (Å²) in [6.45, 7) is 0.230. The van der Waals surface area contributed by atoms with Crippen LogP contribution in [0.5, 0.6) is 0 Å². The molecule has 0 bridgehead atoms. The van der Waals surface area contributed by atoms with Gasteiger partial charge in [0.25, 0.3) is 0 Å². The molecular formula is C20H16N4O2S. The molecule has 1 aliphatic rings. The van der Waals surface area contributed by atoms with E-state index in [0.717, 1.165) is 11.1 Å². The molecule has 0 radical (unpaired) electrons. The Morgan fingerprint density at radius 1 is 1.04 bits per heavy atom. The van der Waals surface area contributed by atoms with E-state index < -0.39 is 6.09 Å². The lowest BCUT2D eigenvalue weighted by molar-refractivity contribution is 0.148. The summed E-state index contributed by atoms with van der Waals surface area (Å²) in [5.74, 6) is 0.450. The number of fused-ring (bicyclic) bond motifs is 3. The Morgan fingerprint density at radius 3 is 2.33 bits per heavy atom. The van der Waals surface area contributed by atoms with Crippen molar-refractivity contribution in [1.82, 2.24) is 15.3 Å². The van der Waals surface area contributed by atoms with Gasteiger partial charge in [-0.2, -0.15) is 0 Å². The van der Waals surface area contributed by atoms with Crippen LogP contribution >= 0.6 is 12.2 Å². The Labute approximate surface area is 161 Å².